The topological polar surface area (TPSA) is 0 Å². The van der Waals surface area contributed by atoms with E-state index in [1.54, 1.807) is 7.16 Å². The molecule has 0 aliphatic carbocycles. The number of rotatable bonds is 9. The molecule has 0 saturated carbocycles. The van der Waals surface area contributed by atoms with Gasteiger partial charge in [-0.1, -0.05) is 0 Å². The first-order chi connectivity index (χ1) is 10.4. The average Bonchev–Trinajstić information content (AvgIpc) is 2.56. The fourth-order valence-corrected chi connectivity index (χ4v) is 10.5. The third kappa shape index (κ3) is 6.74. The Morgan fingerprint density at radius 1 is 0.636 bits per heavy atom. The van der Waals surface area contributed by atoms with Crippen molar-refractivity contribution in [1.82, 2.24) is 0 Å². The second-order valence-electron chi connectivity index (χ2n) is 5.73. The molecule has 0 aliphatic rings. The Morgan fingerprint density at radius 3 is 1.59 bits per heavy atom. The molecule has 0 N–H and O–H groups in total. The van der Waals surface area contributed by atoms with E-state index in [2.05, 4.69) is 67.6 Å². The van der Waals surface area contributed by atoms with Crippen LogP contribution in [0.4, 0.5) is 0 Å². The monoisotopic (exact) mass is 422 g/mol. The van der Waals surface area contributed by atoms with E-state index in [1.165, 1.54) is 43.0 Å². The molecule has 0 atom stereocenters. The Bertz CT molecular complexity index is 444. The second kappa shape index (κ2) is 12.0. The van der Waals surface area contributed by atoms with Crippen LogP contribution in [0.25, 0.3) is 0 Å². The average molecular weight is 422 g/mol. The molecule has 0 radical (unpaired) electrons. The van der Waals surface area contributed by atoms with Gasteiger partial charge in [-0.25, -0.2) is 0 Å². The first-order valence-electron chi connectivity index (χ1n) is 8.38. The maximum atomic E-state index is 2.36. The Morgan fingerprint density at radius 2 is 1.09 bits per heavy atom. The maximum Gasteiger partial charge on any atom is -1.00 e. The van der Waals surface area contributed by atoms with Gasteiger partial charge in [0.15, 0.2) is 0 Å². The standard InChI is InChI=1S/C8H17.2C6H5.ClH.Sn/c1-3-5-7-8-6-4-2;2*1-2-4-6-5-3-1;;/h1,3-8H2,2H3;2*1-5H;1H;/q;;;;+1/p-1. The summed E-state index contributed by atoms with van der Waals surface area (Å²) >= 11 is -1.66. The fraction of sp³-hybridized carbons (Fsp3) is 0.400. The van der Waals surface area contributed by atoms with Gasteiger partial charge in [0.25, 0.3) is 0 Å². The van der Waals surface area contributed by atoms with Crippen molar-refractivity contribution < 1.29 is 12.4 Å². The Balaban J connectivity index is 0.00000242. The summed E-state index contributed by atoms with van der Waals surface area (Å²) < 4.78 is 4.77. The Labute approximate surface area is 149 Å². The smallest absolute Gasteiger partial charge is 1.00 e. The number of hydrogen-bond donors (Lipinski definition) is 0. The third-order valence-corrected chi connectivity index (χ3v) is 12.3. The molecule has 2 heteroatoms. The summed E-state index contributed by atoms with van der Waals surface area (Å²) in [6.07, 6.45) is 8.43. The molecule has 2 aromatic carbocycles. The molecule has 0 unspecified atom stereocenters. The minimum absolute atomic E-state index is 0. The number of hydrogen-bond acceptors (Lipinski definition) is 0. The van der Waals surface area contributed by atoms with Crippen LogP contribution in [0.2, 0.25) is 4.44 Å². The fourth-order valence-electron chi connectivity index (χ4n) is 2.82. The van der Waals surface area contributed by atoms with Gasteiger partial charge in [0.2, 0.25) is 0 Å². The third-order valence-electron chi connectivity index (χ3n) is 4.02. The van der Waals surface area contributed by atoms with Gasteiger partial charge in [0.05, 0.1) is 0 Å². The zero-order valence-electron chi connectivity index (χ0n) is 13.6. The summed E-state index contributed by atoms with van der Waals surface area (Å²) in [5.74, 6) is 0. The number of benzene rings is 2. The van der Waals surface area contributed by atoms with E-state index in [4.69, 9.17) is 0 Å². The van der Waals surface area contributed by atoms with E-state index in [0.29, 0.717) is 0 Å². The van der Waals surface area contributed by atoms with Crippen molar-refractivity contribution in [1.29, 1.82) is 0 Å². The predicted molar refractivity (Wildman–Crippen MR) is 96.1 cm³/mol. The summed E-state index contributed by atoms with van der Waals surface area (Å²) in [7, 11) is 0. The van der Waals surface area contributed by atoms with Gasteiger partial charge in [-0.2, -0.15) is 0 Å². The van der Waals surface area contributed by atoms with E-state index in [-0.39, 0.29) is 12.4 Å². The quantitative estimate of drug-likeness (QED) is 0.427. The van der Waals surface area contributed by atoms with Gasteiger partial charge in [0, 0.05) is 0 Å². The van der Waals surface area contributed by atoms with Crippen LogP contribution in [-0.4, -0.2) is 19.8 Å². The van der Waals surface area contributed by atoms with Crippen LogP contribution in [0.15, 0.2) is 60.7 Å². The van der Waals surface area contributed by atoms with Gasteiger partial charge in [-0.05, 0) is 0 Å². The maximum absolute atomic E-state index is 2.36. The van der Waals surface area contributed by atoms with Crippen molar-refractivity contribution in [3.8, 4) is 0 Å². The molecule has 0 spiro atoms. The van der Waals surface area contributed by atoms with Crippen molar-refractivity contribution in [2.75, 3.05) is 0 Å². The van der Waals surface area contributed by atoms with Crippen molar-refractivity contribution in [3.05, 3.63) is 60.7 Å². The summed E-state index contributed by atoms with van der Waals surface area (Å²) in [5, 5.41) is 0. The van der Waals surface area contributed by atoms with Gasteiger partial charge in [0.1, 0.15) is 0 Å². The van der Waals surface area contributed by atoms with Crippen LogP contribution in [0, 0.1) is 0 Å². The first-order valence-corrected chi connectivity index (χ1v) is 13.3. The molecular formula is C20H27ClSn. The molecule has 0 bridgehead atoms. The molecule has 0 fully saturated rings. The van der Waals surface area contributed by atoms with Crippen LogP contribution < -0.4 is 19.6 Å². The van der Waals surface area contributed by atoms with Gasteiger partial charge < -0.3 is 12.4 Å². The molecule has 2 aromatic rings. The molecule has 0 aromatic heterocycles. The van der Waals surface area contributed by atoms with E-state index in [9.17, 15) is 0 Å². The van der Waals surface area contributed by atoms with E-state index < -0.39 is 19.8 Å². The van der Waals surface area contributed by atoms with Crippen LogP contribution in [0.5, 0.6) is 0 Å². The van der Waals surface area contributed by atoms with Gasteiger partial charge in [-0.3, -0.25) is 0 Å². The zero-order valence-corrected chi connectivity index (χ0v) is 17.2. The SMILES string of the molecule is CCCCCCC[CH2][Sn+]([c]1ccccc1)[c]1ccccc1.[Cl-]. The largest absolute Gasteiger partial charge is 1.00 e. The summed E-state index contributed by atoms with van der Waals surface area (Å²) in [4.78, 5) is 0. The molecule has 0 amide bonds. The first kappa shape index (κ1) is 19.6. The van der Waals surface area contributed by atoms with Crippen LogP contribution in [0.1, 0.15) is 45.4 Å². The number of halogens is 1. The van der Waals surface area contributed by atoms with Crippen molar-refractivity contribution in [2.45, 2.75) is 49.9 Å². The van der Waals surface area contributed by atoms with Gasteiger partial charge in [-0.15, -0.1) is 0 Å². The summed E-state index contributed by atoms with van der Waals surface area (Å²) in [6, 6.07) is 22.6. The van der Waals surface area contributed by atoms with Crippen LogP contribution in [-0.2, 0) is 0 Å². The molecule has 0 heterocycles. The number of unbranched alkanes of at least 4 members (excludes halogenated alkanes) is 5. The molecule has 22 heavy (non-hydrogen) atoms. The molecule has 0 saturated heterocycles. The Kier molecular flexibility index (Phi) is 10.7. The second-order valence-corrected chi connectivity index (χ2v) is 13.2. The van der Waals surface area contributed by atoms with E-state index in [0.717, 1.165) is 0 Å². The molecule has 118 valence electrons. The molecular weight excluding hydrogens is 394 g/mol. The zero-order chi connectivity index (χ0) is 14.8. The van der Waals surface area contributed by atoms with E-state index >= 15 is 0 Å². The van der Waals surface area contributed by atoms with Gasteiger partial charge >= 0.3 is 137 Å². The van der Waals surface area contributed by atoms with Crippen molar-refractivity contribution >= 4 is 26.9 Å². The van der Waals surface area contributed by atoms with Crippen LogP contribution >= 0.6 is 0 Å². The molecule has 2 rings (SSSR count). The summed E-state index contributed by atoms with van der Waals surface area (Å²) in [6.45, 7) is 2.29. The minimum Gasteiger partial charge on any atom is -1.00 e. The van der Waals surface area contributed by atoms with E-state index in [1.807, 2.05) is 0 Å². The summed E-state index contributed by atoms with van der Waals surface area (Å²) in [5.41, 5.74) is 0. The van der Waals surface area contributed by atoms with Crippen LogP contribution in [0.3, 0.4) is 0 Å². The molecule has 0 aliphatic heterocycles. The van der Waals surface area contributed by atoms with Crippen molar-refractivity contribution in [2.24, 2.45) is 0 Å². The predicted octanol–water partition coefficient (Wildman–Crippen LogP) is 1.66. The normalized spacial score (nSPS) is 10.0. The van der Waals surface area contributed by atoms with Crippen molar-refractivity contribution in [3.63, 3.8) is 0 Å². The molecule has 0 nitrogen and oxygen atoms in total. The minimum atomic E-state index is -1.66. The Hall–Kier alpha value is -0.471.